The first-order chi connectivity index (χ1) is 15.2. The van der Waals surface area contributed by atoms with Gasteiger partial charge in [0.05, 0.1) is 6.61 Å². The third-order valence-electron chi connectivity index (χ3n) is 5.53. The van der Waals surface area contributed by atoms with Crippen molar-refractivity contribution in [3.63, 3.8) is 0 Å². The summed E-state index contributed by atoms with van der Waals surface area (Å²) in [4.78, 5) is 6.88. The van der Waals surface area contributed by atoms with Gasteiger partial charge < -0.3 is 20.1 Å². The fourth-order valence-electron chi connectivity index (χ4n) is 3.72. The van der Waals surface area contributed by atoms with Crippen LogP contribution in [-0.4, -0.2) is 51.3 Å². The highest BCUT2D eigenvalue weighted by molar-refractivity contribution is 5.79. The molecule has 1 aliphatic heterocycles. The van der Waals surface area contributed by atoms with Gasteiger partial charge in [0.1, 0.15) is 12.4 Å². The van der Waals surface area contributed by atoms with E-state index in [9.17, 15) is 0 Å². The lowest BCUT2D eigenvalue weighted by molar-refractivity contribution is 0.145. The van der Waals surface area contributed by atoms with Crippen molar-refractivity contribution in [3.05, 3.63) is 64.7 Å². The number of benzene rings is 2. The van der Waals surface area contributed by atoms with Crippen molar-refractivity contribution in [2.75, 3.05) is 40.5 Å². The zero-order valence-corrected chi connectivity index (χ0v) is 19.1. The summed E-state index contributed by atoms with van der Waals surface area (Å²) in [6.07, 6.45) is 2.66. The van der Waals surface area contributed by atoms with Crippen LogP contribution in [0, 0.1) is 6.92 Å². The Morgan fingerprint density at radius 2 is 1.68 bits per heavy atom. The van der Waals surface area contributed by atoms with Crippen LogP contribution in [0.2, 0.25) is 0 Å². The molecule has 2 aromatic carbocycles. The van der Waals surface area contributed by atoms with E-state index in [-0.39, 0.29) is 0 Å². The van der Waals surface area contributed by atoms with Crippen molar-refractivity contribution in [2.45, 2.75) is 39.4 Å². The first-order valence-corrected chi connectivity index (χ1v) is 11.1. The molecule has 0 aliphatic carbocycles. The van der Waals surface area contributed by atoms with E-state index < -0.39 is 0 Å². The molecule has 0 radical (unpaired) electrons. The van der Waals surface area contributed by atoms with Gasteiger partial charge in [-0.3, -0.25) is 9.89 Å². The van der Waals surface area contributed by atoms with Crippen LogP contribution in [0.25, 0.3) is 0 Å². The van der Waals surface area contributed by atoms with Gasteiger partial charge in [-0.15, -0.1) is 0 Å². The number of likely N-dealkylation sites (tertiary alicyclic amines) is 1. The number of hydrogen-bond donors (Lipinski definition) is 2. The van der Waals surface area contributed by atoms with Crippen molar-refractivity contribution < 1.29 is 9.47 Å². The SMILES string of the molecule is CN=C(NCc1ccc(CN2CCCC2)cc1)NCc1ccc(C)cc1OCCOC. The van der Waals surface area contributed by atoms with Crippen molar-refractivity contribution in [1.29, 1.82) is 0 Å². The standard InChI is InChI=1S/C25H36N4O2/c1-20-6-11-23(24(16-20)31-15-14-30-3)18-28-25(26-2)27-17-21-7-9-22(10-8-21)19-29-12-4-5-13-29/h6-11,16H,4-5,12-15,17-19H2,1-3H3,(H2,26,27,28). The van der Waals surface area contributed by atoms with Crippen molar-refractivity contribution in [2.24, 2.45) is 4.99 Å². The molecule has 0 saturated carbocycles. The summed E-state index contributed by atoms with van der Waals surface area (Å²) in [6, 6.07) is 15.1. The predicted octanol–water partition coefficient (Wildman–Crippen LogP) is 3.48. The van der Waals surface area contributed by atoms with Gasteiger partial charge in [-0.25, -0.2) is 0 Å². The highest BCUT2D eigenvalue weighted by Gasteiger charge is 2.11. The van der Waals surface area contributed by atoms with Gasteiger partial charge in [-0.05, 0) is 55.6 Å². The van der Waals surface area contributed by atoms with Crippen LogP contribution in [0.1, 0.15) is 35.1 Å². The van der Waals surface area contributed by atoms with Crippen molar-refractivity contribution >= 4 is 5.96 Å². The van der Waals surface area contributed by atoms with E-state index in [2.05, 4.69) is 69.9 Å². The molecule has 168 valence electrons. The number of methoxy groups -OCH3 is 1. The lowest BCUT2D eigenvalue weighted by Gasteiger charge is -2.16. The topological polar surface area (TPSA) is 58.1 Å². The molecule has 31 heavy (non-hydrogen) atoms. The summed E-state index contributed by atoms with van der Waals surface area (Å²) in [5.74, 6) is 1.65. The Labute approximate surface area is 186 Å². The average Bonchev–Trinajstić information content (AvgIpc) is 3.29. The lowest BCUT2D eigenvalue weighted by Crippen LogP contribution is -2.36. The molecule has 1 fully saturated rings. The molecule has 3 rings (SSSR count). The molecule has 2 aromatic rings. The number of guanidine groups is 1. The number of rotatable bonds is 10. The van der Waals surface area contributed by atoms with Gasteiger partial charge in [0, 0.05) is 39.4 Å². The Morgan fingerprint density at radius 3 is 2.39 bits per heavy atom. The highest BCUT2D eigenvalue weighted by atomic mass is 16.5. The Balaban J connectivity index is 1.48. The van der Waals surface area contributed by atoms with E-state index in [0.29, 0.717) is 19.8 Å². The number of nitrogens with one attached hydrogen (secondary N) is 2. The van der Waals surface area contributed by atoms with Gasteiger partial charge in [0.15, 0.2) is 5.96 Å². The molecule has 6 heteroatoms. The molecular weight excluding hydrogens is 388 g/mol. The third-order valence-corrected chi connectivity index (χ3v) is 5.53. The second-order valence-corrected chi connectivity index (χ2v) is 8.03. The molecule has 0 aromatic heterocycles. The minimum Gasteiger partial charge on any atom is -0.491 e. The molecule has 1 heterocycles. The van der Waals surface area contributed by atoms with Crippen molar-refractivity contribution in [3.8, 4) is 5.75 Å². The number of hydrogen-bond acceptors (Lipinski definition) is 4. The van der Waals surface area contributed by atoms with Gasteiger partial charge in [-0.1, -0.05) is 36.4 Å². The van der Waals surface area contributed by atoms with Crippen LogP contribution in [0.5, 0.6) is 5.75 Å². The van der Waals surface area contributed by atoms with Gasteiger partial charge >= 0.3 is 0 Å². The Hall–Kier alpha value is -2.57. The smallest absolute Gasteiger partial charge is 0.191 e. The molecule has 0 unspecified atom stereocenters. The van der Waals surface area contributed by atoms with Gasteiger partial charge in [0.25, 0.3) is 0 Å². The first-order valence-electron chi connectivity index (χ1n) is 11.1. The Bertz CT molecular complexity index is 830. The van der Waals surface area contributed by atoms with E-state index in [1.807, 2.05) is 0 Å². The molecule has 0 atom stereocenters. The largest absolute Gasteiger partial charge is 0.491 e. The molecular formula is C25H36N4O2. The Morgan fingerprint density at radius 1 is 0.968 bits per heavy atom. The second-order valence-electron chi connectivity index (χ2n) is 8.03. The monoisotopic (exact) mass is 424 g/mol. The molecule has 0 bridgehead atoms. The Kier molecular flexibility index (Phi) is 9.18. The maximum Gasteiger partial charge on any atom is 0.191 e. The van der Waals surface area contributed by atoms with E-state index in [1.165, 1.54) is 42.6 Å². The first kappa shape index (κ1) is 23.1. The molecule has 0 spiro atoms. The van der Waals surface area contributed by atoms with E-state index in [4.69, 9.17) is 9.47 Å². The number of aliphatic imine (C=N–C) groups is 1. The van der Waals surface area contributed by atoms with Crippen LogP contribution in [0.15, 0.2) is 47.5 Å². The van der Waals surface area contributed by atoms with Gasteiger partial charge in [0.2, 0.25) is 0 Å². The summed E-state index contributed by atoms with van der Waals surface area (Å²) in [7, 11) is 3.47. The summed E-state index contributed by atoms with van der Waals surface area (Å²) < 4.78 is 11.0. The quantitative estimate of drug-likeness (QED) is 0.347. The average molecular weight is 425 g/mol. The maximum absolute atomic E-state index is 5.88. The molecule has 1 aliphatic rings. The molecule has 0 amide bonds. The highest BCUT2D eigenvalue weighted by Crippen LogP contribution is 2.20. The van der Waals surface area contributed by atoms with E-state index in [1.54, 1.807) is 14.2 Å². The van der Waals surface area contributed by atoms with Gasteiger partial charge in [-0.2, -0.15) is 0 Å². The van der Waals surface area contributed by atoms with Crippen LogP contribution < -0.4 is 15.4 Å². The normalized spacial score (nSPS) is 14.6. The van der Waals surface area contributed by atoms with Crippen molar-refractivity contribution in [1.82, 2.24) is 15.5 Å². The number of nitrogens with zero attached hydrogens (tertiary/aromatic N) is 2. The fraction of sp³-hybridized carbons (Fsp3) is 0.480. The summed E-state index contributed by atoms with van der Waals surface area (Å²) >= 11 is 0. The maximum atomic E-state index is 5.88. The third kappa shape index (κ3) is 7.56. The van der Waals surface area contributed by atoms with Crippen LogP contribution in [0.3, 0.4) is 0 Å². The number of aryl methyl sites for hydroxylation is 1. The minimum atomic E-state index is 0.535. The lowest BCUT2D eigenvalue weighted by atomic mass is 10.1. The zero-order chi connectivity index (χ0) is 21.9. The van der Waals surface area contributed by atoms with Crippen LogP contribution in [0.4, 0.5) is 0 Å². The van der Waals surface area contributed by atoms with Crippen LogP contribution >= 0.6 is 0 Å². The van der Waals surface area contributed by atoms with E-state index >= 15 is 0 Å². The second kappa shape index (κ2) is 12.3. The molecule has 6 nitrogen and oxygen atoms in total. The summed E-state index contributed by atoms with van der Waals surface area (Å²) in [6.45, 7) is 8.05. The fourth-order valence-corrected chi connectivity index (χ4v) is 3.72. The van der Waals surface area contributed by atoms with E-state index in [0.717, 1.165) is 30.4 Å². The molecule has 2 N–H and O–H groups in total. The number of ether oxygens (including phenoxy) is 2. The predicted molar refractivity (Wildman–Crippen MR) is 127 cm³/mol. The summed E-state index contributed by atoms with van der Waals surface area (Å²) in [5, 5.41) is 6.79. The zero-order valence-electron chi connectivity index (χ0n) is 19.1. The summed E-state index contributed by atoms with van der Waals surface area (Å²) in [5.41, 5.74) is 4.89. The molecule has 1 saturated heterocycles. The minimum absolute atomic E-state index is 0.535. The van der Waals surface area contributed by atoms with Crippen LogP contribution in [-0.2, 0) is 24.4 Å².